The highest BCUT2D eigenvalue weighted by molar-refractivity contribution is 5.79. The quantitative estimate of drug-likeness (QED) is 0.799. The third kappa shape index (κ3) is 3.64. The summed E-state index contributed by atoms with van der Waals surface area (Å²) in [6, 6.07) is 0.0406. The predicted molar refractivity (Wildman–Crippen MR) is 65.5 cm³/mol. The Balaban J connectivity index is 2.71. The van der Waals surface area contributed by atoms with Gasteiger partial charge in [0.15, 0.2) is 0 Å². The second kappa shape index (κ2) is 6.45. The van der Waals surface area contributed by atoms with Crippen molar-refractivity contribution >= 4 is 5.91 Å². The number of nitrogens with zero attached hydrogens (tertiary/aromatic N) is 1. The average molecular weight is 263 g/mol. The lowest BCUT2D eigenvalue weighted by Crippen LogP contribution is -2.44. The van der Waals surface area contributed by atoms with Gasteiger partial charge in [-0.1, -0.05) is 13.8 Å². The fourth-order valence-electron chi connectivity index (χ4n) is 2.71. The van der Waals surface area contributed by atoms with Crippen LogP contribution in [0.3, 0.4) is 0 Å². The third-order valence-corrected chi connectivity index (χ3v) is 3.76. The monoisotopic (exact) mass is 263 g/mol. The van der Waals surface area contributed by atoms with E-state index in [-0.39, 0.29) is 44.4 Å². The van der Waals surface area contributed by atoms with Gasteiger partial charge < -0.3 is 10.0 Å². The van der Waals surface area contributed by atoms with Gasteiger partial charge in [0.25, 0.3) is 0 Å². The van der Waals surface area contributed by atoms with Crippen LogP contribution in [0.25, 0.3) is 0 Å². The molecule has 0 heterocycles. The lowest BCUT2D eigenvalue weighted by Gasteiger charge is -2.32. The molecule has 1 atom stereocenters. The molecule has 106 valence electrons. The van der Waals surface area contributed by atoms with Gasteiger partial charge in [-0.3, -0.25) is 4.79 Å². The van der Waals surface area contributed by atoms with Crippen molar-refractivity contribution in [3.05, 3.63) is 0 Å². The smallest absolute Gasteiger partial charge is 0.248 e. The molecule has 1 fully saturated rings. The van der Waals surface area contributed by atoms with Gasteiger partial charge >= 0.3 is 0 Å². The first-order chi connectivity index (χ1) is 8.45. The number of carbonyl (C=O) groups excluding carboxylic acids is 1. The third-order valence-electron chi connectivity index (χ3n) is 3.76. The summed E-state index contributed by atoms with van der Waals surface area (Å²) in [5, 5.41) is 9.03. The fraction of sp³-hybridized carbons (Fsp3) is 0.923. The van der Waals surface area contributed by atoms with Gasteiger partial charge in [-0.15, -0.1) is 0 Å². The van der Waals surface area contributed by atoms with Crippen LogP contribution < -0.4 is 0 Å². The minimum Gasteiger partial charge on any atom is -0.395 e. The molecule has 0 radical (unpaired) electrons. The van der Waals surface area contributed by atoms with Crippen LogP contribution in [0.2, 0.25) is 0 Å². The summed E-state index contributed by atoms with van der Waals surface area (Å²) in [5.41, 5.74) is 0. The molecule has 0 bridgehead atoms. The van der Waals surface area contributed by atoms with Crippen LogP contribution in [-0.2, 0) is 4.79 Å². The summed E-state index contributed by atoms with van der Waals surface area (Å²) in [5.74, 6) is -3.49. The van der Waals surface area contributed by atoms with E-state index in [9.17, 15) is 13.6 Å². The topological polar surface area (TPSA) is 40.5 Å². The molecule has 1 aliphatic rings. The Bertz CT molecular complexity index is 280. The number of hydrogen-bond donors (Lipinski definition) is 1. The molecule has 0 aromatic carbocycles. The summed E-state index contributed by atoms with van der Waals surface area (Å²) in [7, 11) is 0. The zero-order chi connectivity index (χ0) is 13.8. The molecule has 0 aromatic heterocycles. The molecule has 18 heavy (non-hydrogen) atoms. The second-order valence-corrected chi connectivity index (χ2v) is 5.02. The van der Waals surface area contributed by atoms with E-state index in [0.717, 1.165) is 12.8 Å². The molecule has 5 heteroatoms. The molecule has 0 spiro atoms. The van der Waals surface area contributed by atoms with Crippen molar-refractivity contribution in [3.8, 4) is 0 Å². The van der Waals surface area contributed by atoms with E-state index in [1.165, 1.54) is 0 Å². The number of aliphatic hydroxyl groups is 1. The number of rotatable bonds is 6. The van der Waals surface area contributed by atoms with Gasteiger partial charge in [-0.2, -0.15) is 0 Å². The highest BCUT2D eigenvalue weighted by Gasteiger charge is 2.44. The van der Waals surface area contributed by atoms with Gasteiger partial charge in [0.2, 0.25) is 11.8 Å². The Labute approximate surface area is 107 Å². The van der Waals surface area contributed by atoms with Crippen molar-refractivity contribution < 1.29 is 18.7 Å². The standard InChI is InChI=1S/C13H23F2NO2/c1-3-11(4-2)16(7-8-17)12(18)10-5-6-13(14,15)9-10/h10-11,17H,3-9H2,1-2H3. The highest BCUT2D eigenvalue weighted by atomic mass is 19.3. The van der Waals surface area contributed by atoms with Crippen LogP contribution in [0.1, 0.15) is 46.0 Å². The van der Waals surface area contributed by atoms with Crippen LogP contribution in [-0.4, -0.2) is 41.0 Å². The van der Waals surface area contributed by atoms with E-state index < -0.39 is 11.8 Å². The molecule has 0 saturated heterocycles. The first-order valence-corrected chi connectivity index (χ1v) is 6.74. The van der Waals surface area contributed by atoms with Crippen LogP contribution >= 0.6 is 0 Å². The minimum atomic E-state index is -2.70. The molecule has 0 aliphatic heterocycles. The molecule has 1 saturated carbocycles. The van der Waals surface area contributed by atoms with Crippen LogP contribution in [0.4, 0.5) is 8.78 Å². The Morgan fingerprint density at radius 2 is 2.06 bits per heavy atom. The molecule has 1 amide bonds. The van der Waals surface area contributed by atoms with Crippen molar-refractivity contribution in [2.24, 2.45) is 5.92 Å². The largest absolute Gasteiger partial charge is 0.395 e. The van der Waals surface area contributed by atoms with Crippen molar-refractivity contribution in [2.75, 3.05) is 13.2 Å². The van der Waals surface area contributed by atoms with Crippen molar-refractivity contribution in [1.82, 2.24) is 4.90 Å². The Kier molecular flexibility index (Phi) is 5.50. The zero-order valence-corrected chi connectivity index (χ0v) is 11.2. The predicted octanol–water partition coefficient (Wildman–Crippen LogP) is 2.43. The van der Waals surface area contributed by atoms with Gasteiger partial charge in [-0.05, 0) is 19.3 Å². The first-order valence-electron chi connectivity index (χ1n) is 6.74. The number of alkyl halides is 2. The maximum atomic E-state index is 13.1. The van der Waals surface area contributed by atoms with Gasteiger partial charge in [0.05, 0.1) is 6.61 Å². The second-order valence-electron chi connectivity index (χ2n) is 5.02. The summed E-state index contributed by atoms with van der Waals surface area (Å²) in [6.07, 6.45) is 1.29. The van der Waals surface area contributed by atoms with Crippen LogP contribution in [0.15, 0.2) is 0 Å². The highest BCUT2D eigenvalue weighted by Crippen LogP contribution is 2.39. The molecule has 1 rings (SSSR count). The van der Waals surface area contributed by atoms with Gasteiger partial charge in [0.1, 0.15) is 0 Å². The van der Waals surface area contributed by atoms with E-state index in [1.807, 2.05) is 13.8 Å². The summed E-state index contributed by atoms with van der Waals surface area (Å²) in [4.78, 5) is 13.9. The number of hydrogen-bond acceptors (Lipinski definition) is 2. The van der Waals surface area contributed by atoms with Gasteiger partial charge in [0, 0.05) is 31.3 Å². The maximum absolute atomic E-state index is 13.1. The minimum absolute atomic E-state index is 0.0406. The Hall–Kier alpha value is -0.710. The fourth-order valence-corrected chi connectivity index (χ4v) is 2.71. The van der Waals surface area contributed by atoms with Crippen molar-refractivity contribution in [3.63, 3.8) is 0 Å². The van der Waals surface area contributed by atoms with E-state index >= 15 is 0 Å². The number of carbonyl (C=O) groups is 1. The Morgan fingerprint density at radius 1 is 1.44 bits per heavy atom. The molecule has 0 aromatic rings. The van der Waals surface area contributed by atoms with Crippen LogP contribution in [0.5, 0.6) is 0 Å². The van der Waals surface area contributed by atoms with E-state index in [4.69, 9.17) is 5.11 Å². The normalized spacial score (nSPS) is 22.4. The SMILES string of the molecule is CCC(CC)N(CCO)C(=O)C1CCC(F)(F)C1. The molecular formula is C13H23F2NO2. The maximum Gasteiger partial charge on any atom is 0.248 e. The molecule has 1 unspecified atom stereocenters. The molecular weight excluding hydrogens is 240 g/mol. The summed E-state index contributed by atoms with van der Waals surface area (Å²) < 4.78 is 26.3. The van der Waals surface area contributed by atoms with E-state index in [0.29, 0.717) is 0 Å². The zero-order valence-electron chi connectivity index (χ0n) is 11.2. The molecule has 1 aliphatic carbocycles. The van der Waals surface area contributed by atoms with Crippen molar-refractivity contribution in [1.29, 1.82) is 0 Å². The first kappa shape index (κ1) is 15.3. The summed E-state index contributed by atoms with van der Waals surface area (Å²) in [6.45, 7) is 4.06. The number of amides is 1. The van der Waals surface area contributed by atoms with Crippen molar-refractivity contribution in [2.45, 2.75) is 57.9 Å². The number of aliphatic hydroxyl groups excluding tert-OH is 1. The number of halogens is 2. The lowest BCUT2D eigenvalue weighted by molar-refractivity contribution is -0.139. The van der Waals surface area contributed by atoms with Gasteiger partial charge in [-0.25, -0.2) is 8.78 Å². The van der Waals surface area contributed by atoms with E-state index in [2.05, 4.69) is 0 Å². The Morgan fingerprint density at radius 3 is 2.44 bits per heavy atom. The molecule has 3 nitrogen and oxygen atoms in total. The van der Waals surface area contributed by atoms with Crippen LogP contribution in [0, 0.1) is 5.92 Å². The molecule has 1 N–H and O–H groups in total. The lowest BCUT2D eigenvalue weighted by atomic mass is 10.0. The summed E-state index contributed by atoms with van der Waals surface area (Å²) >= 11 is 0. The van der Waals surface area contributed by atoms with E-state index in [1.54, 1.807) is 4.90 Å². The average Bonchev–Trinajstić information content (AvgIpc) is 2.69.